The summed E-state index contributed by atoms with van der Waals surface area (Å²) in [4.78, 5) is 16.9. The first-order valence-electron chi connectivity index (χ1n) is 10.5. The van der Waals surface area contributed by atoms with Gasteiger partial charge in [-0.2, -0.15) is 22.5 Å². The standard InChI is InChI=1S/C25H19F4N3O2S/c1-15-5-8-18(23(33)30-14-17-3-2-4-19(11-17)25(27,28)29)13-21(15)34-24-31-22(32-35-24)12-16-6-9-20(26)10-7-16/h2-11,13H,12,14H2,1H3,(H,30,33). The molecule has 0 saturated carbocycles. The van der Waals surface area contributed by atoms with E-state index in [4.69, 9.17) is 4.74 Å². The first kappa shape index (κ1) is 24.3. The molecule has 35 heavy (non-hydrogen) atoms. The lowest BCUT2D eigenvalue weighted by Crippen LogP contribution is -2.23. The van der Waals surface area contributed by atoms with Crippen molar-refractivity contribution in [1.29, 1.82) is 0 Å². The number of carbonyl (C=O) groups is 1. The van der Waals surface area contributed by atoms with Crippen LogP contribution in [0.3, 0.4) is 0 Å². The zero-order valence-electron chi connectivity index (χ0n) is 18.4. The molecule has 1 N–H and O–H groups in total. The Morgan fingerprint density at radius 1 is 1.03 bits per heavy atom. The lowest BCUT2D eigenvalue weighted by Gasteiger charge is -2.11. The average Bonchev–Trinajstić information content (AvgIpc) is 3.27. The molecule has 0 radical (unpaired) electrons. The van der Waals surface area contributed by atoms with Gasteiger partial charge in [0.1, 0.15) is 11.6 Å². The molecule has 0 spiro atoms. The second kappa shape index (κ2) is 10.2. The van der Waals surface area contributed by atoms with Gasteiger partial charge in [0.25, 0.3) is 11.1 Å². The van der Waals surface area contributed by atoms with Gasteiger partial charge in [0.15, 0.2) is 5.82 Å². The Kier molecular flexibility index (Phi) is 7.11. The Morgan fingerprint density at radius 3 is 2.54 bits per heavy atom. The molecule has 0 saturated heterocycles. The lowest BCUT2D eigenvalue weighted by atomic mass is 10.1. The maximum absolute atomic E-state index is 13.1. The largest absolute Gasteiger partial charge is 0.430 e. The number of nitrogens with one attached hydrogen (secondary N) is 1. The summed E-state index contributed by atoms with van der Waals surface area (Å²) < 4.78 is 61.8. The highest BCUT2D eigenvalue weighted by molar-refractivity contribution is 7.07. The van der Waals surface area contributed by atoms with Gasteiger partial charge in [0, 0.05) is 30.1 Å². The predicted octanol–water partition coefficient (Wildman–Crippen LogP) is 6.32. The highest BCUT2D eigenvalue weighted by Crippen LogP contribution is 2.30. The topological polar surface area (TPSA) is 64.1 Å². The van der Waals surface area contributed by atoms with Crippen LogP contribution < -0.4 is 10.1 Å². The van der Waals surface area contributed by atoms with E-state index in [0.717, 1.165) is 34.8 Å². The van der Waals surface area contributed by atoms with Crippen LogP contribution in [0.25, 0.3) is 0 Å². The summed E-state index contributed by atoms with van der Waals surface area (Å²) in [6, 6.07) is 15.7. The first-order valence-corrected chi connectivity index (χ1v) is 11.2. The SMILES string of the molecule is Cc1ccc(C(=O)NCc2cccc(C(F)(F)F)c2)cc1Oc1nc(Cc2ccc(F)cc2)ns1. The normalized spacial score (nSPS) is 11.3. The van der Waals surface area contributed by atoms with Crippen LogP contribution in [0, 0.1) is 12.7 Å². The van der Waals surface area contributed by atoms with Crippen molar-refractivity contribution in [3.8, 4) is 10.9 Å². The van der Waals surface area contributed by atoms with Crippen LogP contribution >= 0.6 is 11.5 Å². The molecular weight excluding hydrogens is 482 g/mol. The summed E-state index contributed by atoms with van der Waals surface area (Å²) in [7, 11) is 0. The Hall–Kier alpha value is -3.79. The van der Waals surface area contributed by atoms with E-state index in [0.29, 0.717) is 23.6 Å². The third kappa shape index (κ3) is 6.42. The number of hydrogen-bond acceptors (Lipinski definition) is 5. The van der Waals surface area contributed by atoms with Crippen molar-refractivity contribution in [3.63, 3.8) is 0 Å². The Morgan fingerprint density at radius 2 is 1.80 bits per heavy atom. The van der Waals surface area contributed by atoms with Crippen LogP contribution in [0.5, 0.6) is 10.9 Å². The van der Waals surface area contributed by atoms with Gasteiger partial charge in [0.2, 0.25) is 0 Å². The maximum atomic E-state index is 13.1. The van der Waals surface area contributed by atoms with Crippen LogP contribution in [0.1, 0.15) is 38.4 Å². The minimum Gasteiger partial charge on any atom is -0.430 e. The molecule has 0 aliphatic rings. The molecule has 180 valence electrons. The number of aromatic nitrogens is 2. The third-order valence-corrected chi connectivity index (χ3v) is 5.71. The van der Waals surface area contributed by atoms with Crippen molar-refractivity contribution in [2.75, 3.05) is 0 Å². The number of rotatable bonds is 7. The molecule has 3 aromatic carbocycles. The summed E-state index contributed by atoms with van der Waals surface area (Å²) in [5.41, 5.74) is 1.46. The number of halogens is 4. The minimum absolute atomic E-state index is 0.0596. The average molecular weight is 502 g/mol. The van der Waals surface area contributed by atoms with Crippen molar-refractivity contribution in [3.05, 3.63) is 106 Å². The van der Waals surface area contributed by atoms with Crippen molar-refractivity contribution in [2.24, 2.45) is 0 Å². The Labute approximate surface area is 202 Å². The molecule has 0 unspecified atom stereocenters. The number of nitrogens with zero attached hydrogens (tertiary/aromatic N) is 2. The summed E-state index contributed by atoms with van der Waals surface area (Å²) in [5.74, 6) is 0.144. The number of benzene rings is 3. The van der Waals surface area contributed by atoms with Gasteiger partial charge in [-0.15, -0.1) is 0 Å². The fourth-order valence-corrected chi connectivity index (χ4v) is 3.79. The molecule has 0 aliphatic carbocycles. The smallest absolute Gasteiger partial charge is 0.416 e. The van der Waals surface area contributed by atoms with Crippen LogP contribution in [-0.4, -0.2) is 15.3 Å². The summed E-state index contributed by atoms with van der Waals surface area (Å²) in [6.45, 7) is 1.75. The van der Waals surface area contributed by atoms with E-state index in [1.54, 1.807) is 31.2 Å². The van der Waals surface area contributed by atoms with Crippen molar-refractivity contribution in [1.82, 2.24) is 14.7 Å². The molecule has 0 atom stereocenters. The third-order valence-electron chi connectivity index (χ3n) is 5.08. The first-order chi connectivity index (χ1) is 16.7. The summed E-state index contributed by atoms with van der Waals surface area (Å²) in [5, 5.41) is 2.91. The van der Waals surface area contributed by atoms with Crippen molar-refractivity contribution in [2.45, 2.75) is 26.1 Å². The molecule has 4 aromatic rings. The van der Waals surface area contributed by atoms with E-state index >= 15 is 0 Å². The number of aryl methyl sites for hydroxylation is 1. The molecule has 0 fully saturated rings. The van der Waals surface area contributed by atoms with E-state index in [-0.39, 0.29) is 23.1 Å². The van der Waals surface area contributed by atoms with Crippen LogP contribution in [0.4, 0.5) is 17.6 Å². The van der Waals surface area contributed by atoms with Gasteiger partial charge in [-0.25, -0.2) is 4.39 Å². The fraction of sp³-hybridized carbons (Fsp3) is 0.160. The van der Waals surface area contributed by atoms with Gasteiger partial charge < -0.3 is 10.1 Å². The van der Waals surface area contributed by atoms with E-state index in [2.05, 4.69) is 14.7 Å². The molecule has 4 rings (SSSR count). The highest BCUT2D eigenvalue weighted by atomic mass is 32.1. The highest BCUT2D eigenvalue weighted by Gasteiger charge is 2.30. The number of alkyl halides is 3. The second-order valence-corrected chi connectivity index (χ2v) is 8.46. The van der Waals surface area contributed by atoms with E-state index < -0.39 is 17.6 Å². The number of ether oxygens (including phenoxy) is 1. The van der Waals surface area contributed by atoms with Gasteiger partial charge in [0.05, 0.1) is 5.56 Å². The Bertz CT molecular complexity index is 1340. The fourth-order valence-electron chi connectivity index (χ4n) is 3.22. The summed E-state index contributed by atoms with van der Waals surface area (Å²) >= 11 is 1.05. The summed E-state index contributed by atoms with van der Waals surface area (Å²) in [6.07, 6.45) is -4.04. The lowest BCUT2D eigenvalue weighted by molar-refractivity contribution is -0.137. The monoisotopic (exact) mass is 501 g/mol. The van der Waals surface area contributed by atoms with Gasteiger partial charge in [-0.1, -0.05) is 30.3 Å². The molecular formula is C25H19F4N3O2S. The maximum Gasteiger partial charge on any atom is 0.416 e. The molecule has 1 heterocycles. The zero-order valence-corrected chi connectivity index (χ0v) is 19.2. The van der Waals surface area contributed by atoms with E-state index in [9.17, 15) is 22.4 Å². The van der Waals surface area contributed by atoms with Gasteiger partial charge in [-0.3, -0.25) is 4.79 Å². The quantitative estimate of drug-likeness (QED) is 0.301. The van der Waals surface area contributed by atoms with E-state index in [1.807, 2.05) is 0 Å². The molecule has 0 aliphatic heterocycles. The second-order valence-electron chi connectivity index (χ2n) is 7.74. The molecule has 10 heteroatoms. The van der Waals surface area contributed by atoms with Crippen molar-refractivity contribution < 1.29 is 27.1 Å². The predicted molar refractivity (Wildman–Crippen MR) is 123 cm³/mol. The van der Waals surface area contributed by atoms with Crippen LogP contribution in [0.2, 0.25) is 0 Å². The minimum atomic E-state index is -4.45. The molecule has 0 bridgehead atoms. The molecule has 1 aromatic heterocycles. The Balaban J connectivity index is 1.41. The zero-order chi connectivity index (χ0) is 25.0. The van der Waals surface area contributed by atoms with Gasteiger partial charge >= 0.3 is 6.18 Å². The van der Waals surface area contributed by atoms with Crippen LogP contribution in [0.15, 0.2) is 66.7 Å². The number of amides is 1. The molecule has 1 amide bonds. The van der Waals surface area contributed by atoms with Crippen molar-refractivity contribution >= 4 is 17.4 Å². The molecule has 5 nitrogen and oxygen atoms in total. The van der Waals surface area contributed by atoms with Gasteiger partial charge in [-0.05, 0) is 60.0 Å². The number of carbonyl (C=O) groups excluding carboxylic acids is 1. The van der Waals surface area contributed by atoms with E-state index in [1.165, 1.54) is 30.3 Å². The number of hydrogen-bond donors (Lipinski definition) is 1. The van der Waals surface area contributed by atoms with Crippen LogP contribution in [-0.2, 0) is 19.1 Å².